The van der Waals surface area contributed by atoms with Gasteiger partial charge in [-0.2, -0.15) is 0 Å². The smallest absolute Gasteiger partial charge is 0.143 e. The number of benzene rings is 1. The summed E-state index contributed by atoms with van der Waals surface area (Å²) in [5.74, 6) is 6.42. The molecule has 0 aliphatic carbocycles. The molecule has 1 rings (SSSR count). The molecule has 0 radical (unpaired) electrons. The zero-order chi connectivity index (χ0) is 13.8. The summed E-state index contributed by atoms with van der Waals surface area (Å²) in [5.41, 5.74) is 1.93. The summed E-state index contributed by atoms with van der Waals surface area (Å²) in [7, 11) is 0. The molecule has 0 saturated heterocycles. The van der Waals surface area contributed by atoms with E-state index in [1.54, 1.807) is 0 Å². The Morgan fingerprint density at radius 2 is 2.11 bits per heavy atom. The molecule has 0 N–H and O–H groups in total. The molecular weight excluding hydrogens is 260 g/mol. The molecule has 0 heterocycles. The van der Waals surface area contributed by atoms with Crippen molar-refractivity contribution < 1.29 is 9.53 Å². The van der Waals surface area contributed by atoms with E-state index >= 15 is 0 Å². The van der Waals surface area contributed by atoms with Gasteiger partial charge in [0.1, 0.15) is 12.9 Å². The first-order valence-corrected chi connectivity index (χ1v) is 6.71. The zero-order valence-electron chi connectivity index (χ0n) is 10.8. The monoisotopic (exact) mass is 276 g/mol. The Morgan fingerprint density at radius 3 is 2.79 bits per heavy atom. The van der Waals surface area contributed by atoms with E-state index in [0.717, 1.165) is 30.3 Å². The highest BCUT2D eigenvalue weighted by molar-refractivity contribution is 6.17. The van der Waals surface area contributed by atoms with Crippen molar-refractivity contribution in [3.05, 3.63) is 47.5 Å². The first-order chi connectivity index (χ1) is 9.36. The minimum absolute atomic E-state index is 0.353. The fraction of sp³-hybridized carbons (Fsp3) is 0.312. The Kier molecular flexibility index (Phi) is 8.46. The lowest BCUT2D eigenvalue weighted by Gasteiger charge is -1.99. The summed E-state index contributed by atoms with van der Waals surface area (Å²) < 4.78 is 5.44. The van der Waals surface area contributed by atoms with Crippen molar-refractivity contribution in [1.82, 2.24) is 0 Å². The number of allylic oxidation sites excluding steroid dienone is 2. The van der Waals surface area contributed by atoms with Crippen molar-refractivity contribution in [3.63, 3.8) is 0 Å². The van der Waals surface area contributed by atoms with Crippen LogP contribution in [0.25, 0.3) is 0 Å². The lowest BCUT2D eigenvalue weighted by atomic mass is 10.1. The van der Waals surface area contributed by atoms with Crippen molar-refractivity contribution in [2.75, 3.05) is 12.5 Å². The fourth-order valence-corrected chi connectivity index (χ4v) is 1.60. The van der Waals surface area contributed by atoms with Crippen LogP contribution < -0.4 is 0 Å². The van der Waals surface area contributed by atoms with Crippen LogP contribution in [0, 0.1) is 11.8 Å². The van der Waals surface area contributed by atoms with Gasteiger partial charge in [-0.1, -0.05) is 42.2 Å². The number of aldehydes is 1. The molecule has 0 aromatic heterocycles. The number of rotatable bonds is 7. The topological polar surface area (TPSA) is 26.3 Å². The van der Waals surface area contributed by atoms with Crippen LogP contribution >= 0.6 is 11.6 Å². The quantitative estimate of drug-likeness (QED) is 0.251. The molecule has 0 bridgehead atoms. The van der Waals surface area contributed by atoms with Gasteiger partial charge in [-0.05, 0) is 24.5 Å². The predicted molar refractivity (Wildman–Crippen MR) is 78.0 cm³/mol. The SMILES string of the molecule is O=C/C=C(\C#CCOCc1ccccc1)CCCCl. The molecule has 19 heavy (non-hydrogen) atoms. The molecule has 0 unspecified atom stereocenters. The average molecular weight is 277 g/mol. The number of halogens is 1. The van der Waals surface area contributed by atoms with E-state index < -0.39 is 0 Å². The molecule has 0 amide bonds. The third-order valence-electron chi connectivity index (χ3n) is 2.38. The molecule has 0 spiro atoms. The fourth-order valence-electron chi connectivity index (χ4n) is 1.47. The van der Waals surface area contributed by atoms with Crippen LogP contribution in [0.2, 0.25) is 0 Å². The zero-order valence-corrected chi connectivity index (χ0v) is 11.5. The predicted octanol–water partition coefficient (Wildman–Crippen LogP) is 3.35. The van der Waals surface area contributed by atoms with Crippen molar-refractivity contribution in [2.24, 2.45) is 0 Å². The third-order valence-corrected chi connectivity index (χ3v) is 2.65. The molecule has 0 atom stereocenters. The third kappa shape index (κ3) is 7.46. The minimum atomic E-state index is 0.353. The number of hydrogen-bond acceptors (Lipinski definition) is 2. The lowest BCUT2D eigenvalue weighted by molar-refractivity contribution is -0.104. The summed E-state index contributed by atoms with van der Waals surface area (Å²) in [6.45, 7) is 0.899. The molecule has 3 heteroatoms. The Morgan fingerprint density at radius 1 is 1.32 bits per heavy atom. The van der Waals surface area contributed by atoms with Gasteiger partial charge < -0.3 is 4.74 Å². The summed E-state index contributed by atoms with van der Waals surface area (Å²) >= 11 is 5.61. The maximum atomic E-state index is 10.4. The number of carbonyl (C=O) groups is 1. The van der Waals surface area contributed by atoms with Crippen molar-refractivity contribution in [3.8, 4) is 11.8 Å². The van der Waals surface area contributed by atoms with Gasteiger partial charge in [0.05, 0.1) is 6.61 Å². The van der Waals surface area contributed by atoms with Crippen molar-refractivity contribution in [1.29, 1.82) is 0 Å². The number of carbonyl (C=O) groups excluding carboxylic acids is 1. The van der Waals surface area contributed by atoms with Crippen LogP contribution in [-0.4, -0.2) is 18.8 Å². The van der Waals surface area contributed by atoms with Gasteiger partial charge in [0.25, 0.3) is 0 Å². The van der Waals surface area contributed by atoms with Crippen molar-refractivity contribution in [2.45, 2.75) is 19.4 Å². The summed E-state index contributed by atoms with van der Waals surface area (Å²) in [5, 5.41) is 0. The van der Waals surface area contributed by atoms with Crippen LogP contribution in [0.15, 0.2) is 42.0 Å². The van der Waals surface area contributed by atoms with E-state index in [9.17, 15) is 4.79 Å². The molecule has 1 aromatic rings. The first-order valence-electron chi connectivity index (χ1n) is 6.17. The molecule has 100 valence electrons. The van der Waals surface area contributed by atoms with Crippen LogP contribution in [0.1, 0.15) is 18.4 Å². The molecule has 1 aromatic carbocycles. The van der Waals surface area contributed by atoms with Gasteiger partial charge >= 0.3 is 0 Å². The van der Waals surface area contributed by atoms with Gasteiger partial charge in [0, 0.05) is 11.5 Å². The van der Waals surface area contributed by atoms with E-state index in [1.165, 1.54) is 6.08 Å². The second-order valence-electron chi connectivity index (χ2n) is 3.90. The maximum Gasteiger partial charge on any atom is 0.143 e. The molecule has 2 nitrogen and oxygen atoms in total. The van der Waals surface area contributed by atoms with Gasteiger partial charge in [0.2, 0.25) is 0 Å². The summed E-state index contributed by atoms with van der Waals surface area (Å²) in [6.07, 6.45) is 3.79. The Hall–Kier alpha value is -1.56. The minimum Gasteiger partial charge on any atom is -0.364 e. The second kappa shape index (κ2) is 10.4. The van der Waals surface area contributed by atoms with Crippen LogP contribution in [0.4, 0.5) is 0 Å². The van der Waals surface area contributed by atoms with E-state index in [1.807, 2.05) is 30.3 Å². The highest BCUT2D eigenvalue weighted by Crippen LogP contribution is 2.04. The largest absolute Gasteiger partial charge is 0.364 e. The highest BCUT2D eigenvalue weighted by atomic mass is 35.5. The molecule has 0 fully saturated rings. The van der Waals surface area contributed by atoms with E-state index in [2.05, 4.69) is 11.8 Å². The van der Waals surface area contributed by atoms with E-state index in [-0.39, 0.29) is 0 Å². The Bertz CT molecular complexity index is 455. The molecular formula is C16H17ClO2. The molecule has 0 aliphatic rings. The molecule has 0 saturated carbocycles. The van der Waals surface area contributed by atoms with Gasteiger partial charge in [-0.3, -0.25) is 4.79 Å². The Labute approximate surface area is 119 Å². The van der Waals surface area contributed by atoms with Gasteiger partial charge in [0.15, 0.2) is 0 Å². The molecule has 0 aliphatic heterocycles. The van der Waals surface area contributed by atoms with Crippen LogP contribution in [0.3, 0.4) is 0 Å². The lowest BCUT2D eigenvalue weighted by Crippen LogP contribution is -1.93. The number of alkyl halides is 1. The maximum absolute atomic E-state index is 10.4. The highest BCUT2D eigenvalue weighted by Gasteiger charge is 1.92. The second-order valence-corrected chi connectivity index (χ2v) is 4.28. The first kappa shape index (κ1) is 15.5. The van der Waals surface area contributed by atoms with Gasteiger partial charge in [-0.25, -0.2) is 0 Å². The normalized spacial score (nSPS) is 10.7. The average Bonchev–Trinajstić information content (AvgIpc) is 2.45. The Balaban J connectivity index is 2.32. The summed E-state index contributed by atoms with van der Waals surface area (Å²) in [6, 6.07) is 9.93. The summed E-state index contributed by atoms with van der Waals surface area (Å²) in [4.78, 5) is 10.4. The van der Waals surface area contributed by atoms with Crippen LogP contribution in [0.5, 0.6) is 0 Å². The number of ether oxygens (including phenoxy) is 1. The standard InChI is InChI=1S/C16H17ClO2/c17-11-4-8-15(10-12-18)9-5-13-19-14-16-6-2-1-3-7-16/h1-3,6-7,10,12H,4,8,11,13-14H2/b15-10-. The van der Waals surface area contributed by atoms with E-state index in [4.69, 9.17) is 16.3 Å². The van der Waals surface area contributed by atoms with E-state index in [0.29, 0.717) is 19.1 Å². The van der Waals surface area contributed by atoms with Gasteiger partial charge in [-0.15, -0.1) is 11.6 Å². The van der Waals surface area contributed by atoms with Crippen LogP contribution in [-0.2, 0) is 16.1 Å². The number of hydrogen-bond donors (Lipinski definition) is 0. The van der Waals surface area contributed by atoms with Crippen molar-refractivity contribution >= 4 is 17.9 Å².